The lowest BCUT2D eigenvalue weighted by Crippen LogP contribution is -1.97. The Labute approximate surface area is 80.1 Å². The number of phenols is 1. The molecule has 0 heterocycles. The maximum Gasteiger partial charge on any atom is 0.313 e. The van der Waals surface area contributed by atoms with Crippen molar-refractivity contribution < 1.29 is 14.8 Å². The van der Waals surface area contributed by atoms with Crippen LogP contribution >= 0.6 is 0 Å². The molecule has 0 fully saturated rings. The van der Waals surface area contributed by atoms with Gasteiger partial charge in [-0.1, -0.05) is 0 Å². The van der Waals surface area contributed by atoms with Crippen molar-refractivity contribution in [2.75, 3.05) is 0 Å². The molecular weight excluding hydrogens is 186 g/mol. The molecule has 0 aliphatic rings. The highest BCUT2D eigenvalue weighted by Gasteiger charge is 2.18. The Bertz CT molecular complexity index is 388. The predicted molar refractivity (Wildman–Crippen MR) is 49.5 cm³/mol. The molecule has 0 radical (unpaired) electrons. The molecule has 0 unspecified atom stereocenters. The molecule has 0 amide bonds. The summed E-state index contributed by atoms with van der Waals surface area (Å²) in [6.07, 6.45) is 0. The van der Waals surface area contributed by atoms with E-state index >= 15 is 0 Å². The zero-order chi connectivity index (χ0) is 10.9. The molecule has 1 rings (SSSR count). The smallest absolute Gasteiger partial charge is 0.313 e. The number of carbonyl (C=O) groups excluding carboxylic acids is 1. The summed E-state index contributed by atoms with van der Waals surface area (Å²) < 4.78 is 0. The number of phenolic OH excluding ortho intramolecular Hbond substituents is 1. The Hall–Kier alpha value is -1.91. The number of nitro groups is 1. The molecule has 0 aromatic heterocycles. The van der Waals surface area contributed by atoms with Gasteiger partial charge in [-0.3, -0.25) is 14.9 Å². The van der Waals surface area contributed by atoms with E-state index in [4.69, 9.17) is 0 Å². The molecule has 0 aliphatic heterocycles. The molecule has 0 aliphatic carbocycles. The minimum atomic E-state index is -0.672. The standard InChI is InChI=1S/C9H9NO4/c1-5-3-7(6(2)11)4-8(12)9(5)10(13)14/h3-4,12H,1-2H3. The van der Waals surface area contributed by atoms with Gasteiger partial charge in [-0.15, -0.1) is 0 Å². The third-order valence-electron chi connectivity index (χ3n) is 1.87. The molecule has 14 heavy (non-hydrogen) atoms. The summed E-state index contributed by atoms with van der Waals surface area (Å²) in [6.45, 7) is 2.81. The number of hydrogen-bond donors (Lipinski definition) is 1. The van der Waals surface area contributed by atoms with Gasteiger partial charge in [0, 0.05) is 11.1 Å². The van der Waals surface area contributed by atoms with Crippen LogP contribution in [0.3, 0.4) is 0 Å². The van der Waals surface area contributed by atoms with Gasteiger partial charge in [0.1, 0.15) is 0 Å². The van der Waals surface area contributed by atoms with Crippen molar-refractivity contribution in [3.05, 3.63) is 33.4 Å². The van der Waals surface area contributed by atoms with Crippen molar-refractivity contribution >= 4 is 11.5 Å². The largest absolute Gasteiger partial charge is 0.502 e. The molecule has 0 saturated carbocycles. The molecule has 1 aromatic rings. The summed E-state index contributed by atoms with van der Waals surface area (Å²) in [6, 6.07) is 2.49. The Balaban J connectivity index is 3.39. The van der Waals surface area contributed by atoms with E-state index in [-0.39, 0.29) is 22.6 Å². The lowest BCUT2D eigenvalue weighted by atomic mass is 10.1. The molecule has 0 saturated heterocycles. The van der Waals surface area contributed by atoms with Gasteiger partial charge in [-0.25, -0.2) is 0 Å². The van der Waals surface area contributed by atoms with Crippen LogP contribution in [0, 0.1) is 17.0 Å². The van der Waals surface area contributed by atoms with Crippen LogP contribution in [0.15, 0.2) is 12.1 Å². The van der Waals surface area contributed by atoms with E-state index in [2.05, 4.69) is 0 Å². The number of benzene rings is 1. The zero-order valence-corrected chi connectivity index (χ0v) is 7.77. The summed E-state index contributed by atoms with van der Waals surface area (Å²) >= 11 is 0. The monoisotopic (exact) mass is 195 g/mol. The third-order valence-corrected chi connectivity index (χ3v) is 1.87. The number of aryl methyl sites for hydroxylation is 1. The highest BCUT2D eigenvalue weighted by atomic mass is 16.6. The summed E-state index contributed by atoms with van der Waals surface area (Å²) in [7, 11) is 0. The molecule has 5 heteroatoms. The van der Waals surface area contributed by atoms with E-state index in [1.54, 1.807) is 0 Å². The van der Waals surface area contributed by atoms with Crippen LogP contribution in [0.25, 0.3) is 0 Å². The Kier molecular flexibility index (Phi) is 2.51. The van der Waals surface area contributed by atoms with Gasteiger partial charge in [-0.05, 0) is 26.0 Å². The van der Waals surface area contributed by atoms with E-state index in [9.17, 15) is 20.0 Å². The second kappa shape index (κ2) is 3.45. The van der Waals surface area contributed by atoms with Crippen LogP contribution in [0.1, 0.15) is 22.8 Å². The molecular formula is C9H9NO4. The lowest BCUT2D eigenvalue weighted by molar-refractivity contribution is -0.386. The minimum absolute atomic E-state index is 0.238. The van der Waals surface area contributed by atoms with Crippen LogP contribution < -0.4 is 0 Å². The van der Waals surface area contributed by atoms with E-state index < -0.39 is 10.7 Å². The molecule has 5 nitrogen and oxygen atoms in total. The number of ketones is 1. The van der Waals surface area contributed by atoms with Gasteiger partial charge >= 0.3 is 5.69 Å². The number of Topliss-reactive ketones (excluding diaryl/α,β-unsaturated/α-hetero) is 1. The number of nitro benzene ring substituents is 1. The predicted octanol–water partition coefficient (Wildman–Crippen LogP) is 1.81. The first-order valence-electron chi connectivity index (χ1n) is 3.92. The molecule has 1 aromatic carbocycles. The summed E-state index contributed by atoms with van der Waals surface area (Å²) in [5, 5.41) is 19.8. The summed E-state index contributed by atoms with van der Waals surface area (Å²) in [5.41, 5.74) is 0.195. The summed E-state index contributed by atoms with van der Waals surface area (Å²) in [5.74, 6) is -0.710. The van der Waals surface area contributed by atoms with Gasteiger partial charge in [0.2, 0.25) is 0 Å². The van der Waals surface area contributed by atoms with Crippen LogP contribution in [0.2, 0.25) is 0 Å². The summed E-state index contributed by atoms with van der Waals surface area (Å²) in [4.78, 5) is 20.8. The van der Waals surface area contributed by atoms with Crippen LogP contribution in [0.4, 0.5) is 5.69 Å². The topological polar surface area (TPSA) is 80.4 Å². The van der Waals surface area contributed by atoms with Gasteiger partial charge in [0.15, 0.2) is 11.5 Å². The van der Waals surface area contributed by atoms with Crippen LogP contribution in [-0.4, -0.2) is 15.8 Å². The van der Waals surface area contributed by atoms with Crippen LogP contribution in [-0.2, 0) is 0 Å². The first kappa shape index (κ1) is 10.2. The van der Waals surface area contributed by atoms with Gasteiger partial charge < -0.3 is 5.11 Å². The minimum Gasteiger partial charge on any atom is -0.502 e. The lowest BCUT2D eigenvalue weighted by Gasteiger charge is -2.02. The Morgan fingerprint density at radius 1 is 1.50 bits per heavy atom. The van der Waals surface area contributed by atoms with Gasteiger partial charge in [-0.2, -0.15) is 0 Å². The van der Waals surface area contributed by atoms with Crippen molar-refractivity contribution in [2.24, 2.45) is 0 Å². The third kappa shape index (κ3) is 1.71. The first-order chi connectivity index (χ1) is 6.43. The number of aromatic hydroxyl groups is 1. The van der Waals surface area contributed by atoms with Crippen molar-refractivity contribution in [1.29, 1.82) is 0 Å². The Morgan fingerprint density at radius 2 is 2.07 bits per heavy atom. The highest BCUT2D eigenvalue weighted by molar-refractivity contribution is 5.95. The van der Waals surface area contributed by atoms with E-state index in [0.717, 1.165) is 6.07 Å². The average molecular weight is 195 g/mol. The van der Waals surface area contributed by atoms with Crippen molar-refractivity contribution in [1.82, 2.24) is 0 Å². The van der Waals surface area contributed by atoms with Gasteiger partial charge in [0.05, 0.1) is 4.92 Å². The number of carbonyl (C=O) groups is 1. The van der Waals surface area contributed by atoms with E-state index in [1.807, 2.05) is 0 Å². The molecule has 74 valence electrons. The SMILES string of the molecule is CC(=O)c1cc(C)c([N+](=O)[O-])c(O)c1. The number of rotatable bonds is 2. The molecule has 0 bridgehead atoms. The van der Waals surface area contributed by atoms with Gasteiger partial charge in [0.25, 0.3) is 0 Å². The van der Waals surface area contributed by atoms with Crippen molar-refractivity contribution in [3.63, 3.8) is 0 Å². The van der Waals surface area contributed by atoms with E-state index in [0.29, 0.717) is 0 Å². The quantitative estimate of drug-likeness (QED) is 0.443. The number of hydrogen-bond acceptors (Lipinski definition) is 4. The second-order valence-electron chi connectivity index (χ2n) is 2.97. The average Bonchev–Trinajstić information content (AvgIpc) is 2.01. The van der Waals surface area contributed by atoms with Crippen LogP contribution in [0.5, 0.6) is 5.75 Å². The maximum absolute atomic E-state index is 11.0. The fraction of sp³-hybridized carbons (Fsp3) is 0.222. The Morgan fingerprint density at radius 3 is 2.43 bits per heavy atom. The first-order valence-corrected chi connectivity index (χ1v) is 3.92. The fourth-order valence-electron chi connectivity index (χ4n) is 1.20. The molecule has 0 spiro atoms. The zero-order valence-electron chi connectivity index (χ0n) is 7.77. The normalized spacial score (nSPS) is 9.86. The van der Waals surface area contributed by atoms with Crippen molar-refractivity contribution in [2.45, 2.75) is 13.8 Å². The second-order valence-corrected chi connectivity index (χ2v) is 2.97. The number of nitrogens with zero attached hydrogens (tertiary/aromatic N) is 1. The molecule has 1 N–H and O–H groups in total. The maximum atomic E-state index is 11.0. The highest BCUT2D eigenvalue weighted by Crippen LogP contribution is 2.30. The van der Waals surface area contributed by atoms with E-state index in [1.165, 1.54) is 19.9 Å². The fourth-order valence-corrected chi connectivity index (χ4v) is 1.20. The van der Waals surface area contributed by atoms with Crippen molar-refractivity contribution in [3.8, 4) is 5.75 Å². The molecule has 0 atom stereocenters.